The van der Waals surface area contributed by atoms with E-state index >= 15 is 0 Å². The van der Waals surface area contributed by atoms with E-state index in [0.717, 1.165) is 12.8 Å². The van der Waals surface area contributed by atoms with Gasteiger partial charge >= 0.3 is 0 Å². The third kappa shape index (κ3) is 2.45. The molecule has 5 atom stereocenters. The zero-order valence-corrected chi connectivity index (χ0v) is 16.7. The number of anilines is 1. The number of non-ortho nitro benzene ring substituents is 1. The molecule has 3 aliphatic rings. The van der Waals surface area contributed by atoms with E-state index in [1.807, 2.05) is 18.2 Å². The number of rotatable bonds is 3. The summed E-state index contributed by atoms with van der Waals surface area (Å²) in [5.41, 5.74) is 1.68. The highest BCUT2D eigenvalue weighted by Gasteiger charge is 2.64. The van der Waals surface area contributed by atoms with Crippen molar-refractivity contribution in [1.82, 2.24) is 0 Å². The molecule has 0 N–H and O–H groups in total. The first-order valence-electron chi connectivity index (χ1n) is 10.6. The first-order valence-corrected chi connectivity index (χ1v) is 10.6. The maximum Gasteiger partial charge on any atom is 0.277 e. The van der Waals surface area contributed by atoms with E-state index in [9.17, 15) is 19.7 Å². The molecule has 0 aromatic heterocycles. The van der Waals surface area contributed by atoms with Crippen molar-refractivity contribution in [3.63, 3.8) is 0 Å². The summed E-state index contributed by atoms with van der Waals surface area (Å²) in [5, 5.41) is 12.5. The van der Waals surface area contributed by atoms with Gasteiger partial charge in [-0.15, -0.1) is 0 Å². The fraction of sp³-hybridized carbons (Fsp3) is 0.280. The number of nitrogens with zero attached hydrogens (tertiary/aromatic N) is 2. The summed E-state index contributed by atoms with van der Waals surface area (Å²) >= 11 is 0. The fourth-order valence-corrected chi connectivity index (χ4v) is 6.40. The third-order valence-electron chi connectivity index (χ3n) is 7.56. The summed E-state index contributed by atoms with van der Waals surface area (Å²) in [6, 6.07) is 20.1. The average Bonchev–Trinajstić information content (AvgIpc) is 3.45. The van der Waals surface area contributed by atoms with E-state index in [1.165, 1.54) is 16.5 Å². The number of fused-ring (bicyclic) bond motifs is 6. The molecule has 6 rings (SSSR count). The van der Waals surface area contributed by atoms with Gasteiger partial charge in [0, 0.05) is 11.5 Å². The van der Waals surface area contributed by atoms with E-state index in [4.69, 9.17) is 0 Å². The summed E-state index contributed by atoms with van der Waals surface area (Å²) in [6.07, 6.45) is 1.85. The number of amides is 2. The van der Waals surface area contributed by atoms with Crippen molar-refractivity contribution < 1.29 is 14.5 Å². The fourth-order valence-electron chi connectivity index (χ4n) is 6.40. The van der Waals surface area contributed by atoms with Gasteiger partial charge in [-0.05, 0) is 48.3 Å². The number of benzene rings is 3. The molecule has 1 heterocycles. The van der Waals surface area contributed by atoms with E-state index in [1.54, 1.807) is 30.3 Å². The molecule has 2 bridgehead atoms. The Labute approximate surface area is 178 Å². The highest BCUT2D eigenvalue weighted by molar-refractivity contribution is 6.25. The Morgan fingerprint density at radius 3 is 2.23 bits per heavy atom. The Morgan fingerprint density at radius 1 is 0.806 bits per heavy atom. The Balaban J connectivity index is 1.42. The van der Waals surface area contributed by atoms with Gasteiger partial charge in [-0.2, -0.15) is 0 Å². The standard InChI is InChI=1S/C25H20N2O4/c28-24-22-15-12-18(14-6-2-1-3-7-14)19(13-15)23(22)25(29)26(24)20-10-11-21(27(30)31)17-9-5-4-8-16(17)20/h1-11,15,18-19,22-23H,12-13H2. The number of nitro benzene ring substituents is 1. The van der Waals surface area contributed by atoms with Gasteiger partial charge in [0.1, 0.15) is 0 Å². The molecule has 6 nitrogen and oxygen atoms in total. The lowest BCUT2D eigenvalue weighted by Crippen LogP contribution is -2.33. The number of carbonyl (C=O) groups excluding carboxylic acids is 2. The van der Waals surface area contributed by atoms with Gasteiger partial charge in [-0.1, -0.05) is 48.5 Å². The summed E-state index contributed by atoms with van der Waals surface area (Å²) in [5.74, 6) is -0.182. The van der Waals surface area contributed by atoms with Crippen LogP contribution in [-0.2, 0) is 9.59 Å². The van der Waals surface area contributed by atoms with Crippen molar-refractivity contribution in [3.05, 3.63) is 82.4 Å². The molecule has 3 aromatic carbocycles. The lowest BCUT2D eigenvalue weighted by atomic mass is 9.73. The molecule has 3 fully saturated rings. The monoisotopic (exact) mass is 412 g/mol. The van der Waals surface area contributed by atoms with Crippen molar-refractivity contribution in [1.29, 1.82) is 0 Å². The maximum atomic E-state index is 13.6. The van der Waals surface area contributed by atoms with Crippen molar-refractivity contribution in [3.8, 4) is 0 Å². The third-order valence-corrected chi connectivity index (χ3v) is 7.56. The number of hydrogen-bond donors (Lipinski definition) is 0. The predicted molar refractivity (Wildman–Crippen MR) is 115 cm³/mol. The van der Waals surface area contributed by atoms with Crippen molar-refractivity contribution >= 4 is 34.0 Å². The normalized spacial score (nSPS) is 29.0. The van der Waals surface area contributed by atoms with Crippen LogP contribution in [0.5, 0.6) is 0 Å². The Morgan fingerprint density at radius 2 is 1.48 bits per heavy atom. The topological polar surface area (TPSA) is 80.5 Å². The number of hydrogen-bond acceptors (Lipinski definition) is 4. The van der Waals surface area contributed by atoms with Crippen molar-refractivity contribution in [2.45, 2.75) is 18.8 Å². The summed E-state index contributed by atoms with van der Waals surface area (Å²) in [7, 11) is 0. The zero-order valence-electron chi connectivity index (χ0n) is 16.7. The molecule has 1 saturated heterocycles. The second kappa shape index (κ2) is 6.48. The van der Waals surface area contributed by atoms with E-state index < -0.39 is 4.92 Å². The highest BCUT2D eigenvalue weighted by atomic mass is 16.6. The van der Waals surface area contributed by atoms with Crippen LogP contribution in [0, 0.1) is 33.8 Å². The Hall–Kier alpha value is -3.54. The second-order valence-electron chi connectivity index (χ2n) is 8.88. The molecular weight excluding hydrogens is 392 g/mol. The summed E-state index contributed by atoms with van der Waals surface area (Å²) in [4.78, 5) is 39.4. The zero-order chi connectivity index (χ0) is 21.3. The lowest BCUT2D eigenvalue weighted by molar-refractivity contribution is -0.383. The largest absolute Gasteiger partial charge is 0.277 e. The van der Waals surface area contributed by atoms with Crippen LogP contribution < -0.4 is 4.90 Å². The molecule has 154 valence electrons. The first-order chi connectivity index (χ1) is 15.1. The van der Waals surface area contributed by atoms with Crippen molar-refractivity contribution in [2.24, 2.45) is 23.7 Å². The molecule has 0 radical (unpaired) electrons. The van der Waals surface area contributed by atoms with Crippen molar-refractivity contribution in [2.75, 3.05) is 4.90 Å². The highest BCUT2D eigenvalue weighted by Crippen LogP contribution is 2.62. The van der Waals surface area contributed by atoms with E-state index in [-0.39, 0.29) is 41.2 Å². The molecule has 2 saturated carbocycles. The van der Waals surface area contributed by atoms with Crippen LogP contribution in [0.1, 0.15) is 24.3 Å². The van der Waals surface area contributed by atoms with Gasteiger partial charge < -0.3 is 0 Å². The Kier molecular flexibility index (Phi) is 3.81. The molecule has 2 amide bonds. The van der Waals surface area contributed by atoms with Crippen LogP contribution in [0.3, 0.4) is 0 Å². The van der Waals surface area contributed by atoms with Crippen LogP contribution in [0.4, 0.5) is 11.4 Å². The van der Waals surface area contributed by atoms with Crippen LogP contribution in [0.2, 0.25) is 0 Å². The molecule has 31 heavy (non-hydrogen) atoms. The van der Waals surface area contributed by atoms with Crippen LogP contribution in [-0.4, -0.2) is 16.7 Å². The smallest absolute Gasteiger partial charge is 0.274 e. The second-order valence-corrected chi connectivity index (χ2v) is 8.88. The van der Waals surface area contributed by atoms with Crippen LogP contribution in [0.15, 0.2) is 66.7 Å². The summed E-state index contributed by atoms with van der Waals surface area (Å²) in [6.45, 7) is 0. The number of imide groups is 1. The van der Waals surface area contributed by atoms with Crippen LogP contribution in [0.25, 0.3) is 10.8 Å². The van der Waals surface area contributed by atoms with Gasteiger partial charge in [0.25, 0.3) is 5.69 Å². The maximum absolute atomic E-state index is 13.6. The molecule has 1 aliphatic heterocycles. The van der Waals surface area contributed by atoms with Gasteiger partial charge in [-0.3, -0.25) is 19.7 Å². The molecule has 2 aliphatic carbocycles. The molecule has 0 spiro atoms. The quantitative estimate of drug-likeness (QED) is 0.355. The Bertz CT molecular complexity index is 1250. The van der Waals surface area contributed by atoms with Gasteiger partial charge in [-0.25, -0.2) is 4.90 Å². The molecule has 5 unspecified atom stereocenters. The SMILES string of the molecule is O=C1C2C3CC(c4ccccc4)C(C3)C2C(=O)N1c1ccc([N+](=O)[O-])c2ccccc12. The van der Waals surface area contributed by atoms with Gasteiger partial charge in [0.2, 0.25) is 11.8 Å². The minimum Gasteiger partial charge on any atom is -0.274 e. The van der Waals surface area contributed by atoms with E-state index in [0.29, 0.717) is 22.4 Å². The molecule has 3 aromatic rings. The first kappa shape index (κ1) is 18.2. The lowest BCUT2D eigenvalue weighted by Gasteiger charge is -2.28. The number of carbonyl (C=O) groups is 2. The van der Waals surface area contributed by atoms with Gasteiger partial charge in [0.15, 0.2) is 0 Å². The molecular formula is C25H20N2O4. The minimum absolute atomic E-state index is 0.0251. The predicted octanol–water partition coefficient (Wildman–Crippen LogP) is 4.68. The van der Waals surface area contributed by atoms with Crippen LogP contribution >= 0.6 is 0 Å². The summed E-state index contributed by atoms with van der Waals surface area (Å²) < 4.78 is 0. The molecule has 6 heteroatoms. The minimum atomic E-state index is -0.431. The number of nitro groups is 1. The average molecular weight is 412 g/mol. The van der Waals surface area contributed by atoms with E-state index in [2.05, 4.69) is 12.1 Å². The van der Waals surface area contributed by atoms with Gasteiger partial charge in [0.05, 0.1) is 27.8 Å².